The molecule has 1 aliphatic heterocycles. The minimum Gasteiger partial charge on any atom is -0.392 e. The van der Waals surface area contributed by atoms with Crippen LogP contribution in [-0.2, 0) is 6.61 Å². The van der Waals surface area contributed by atoms with Crippen LogP contribution in [0.5, 0.6) is 0 Å². The summed E-state index contributed by atoms with van der Waals surface area (Å²) in [6.07, 6.45) is 1.21. The summed E-state index contributed by atoms with van der Waals surface area (Å²) < 4.78 is 0. The smallest absolute Gasteiger partial charge is 0.134 e. The summed E-state index contributed by atoms with van der Waals surface area (Å²) in [7, 11) is 0. The summed E-state index contributed by atoms with van der Waals surface area (Å²) in [5.41, 5.74) is 3.15. The third-order valence-electron chi connectivity index (χ3n) is 3.82. The van der Waals surface area contributed by atoms with Crippen LogP contribution in [0.3, 0.4) is 0 Å². The standard InChI is InChI=1S/C15H25N3O/c1-4-5-17-6-8-18(9-7-17)15-14(11-19)12(2)10-13(3)16-15/h10,19H,4-9,11H2,1-3H3. The van der Waals surface area contributed by atoms with Gasteiger partial charge in [0.05, 0.1) is 6.61 Å². The molecule has 1 aliphatic rings. The highest BCUT2D eigenvalue weighted by Gasteiger charge is 2.20. The number of hydrogen-bond acceptors (Lipinski definition) is 4. The summed E-state index contributed by atoms with van der Waals surface area (Å²) in [6, 6.07) is 2.04. The van der Waals surface area contributed by atoms with Crippen LogP contribution >= 0.6 is 0 Å². The largest absolute Gasteiger partial charge is 0.392 e. The lowest BCUT2D eigenvalue weighted by atomic mass is 10.1. The number of pyridine rings is 1. The quantitative estimate of drug-likeness (QED) is 0.898. The second kappa shape index (κ2) is 6.35. The maximum Gasteiger partial charge on any atom is 0.134 e. The zero-order valence-corrected chi connectivity index (χ0v) is 12.3. The van der Waals surface area contributed by atoms with Gasteiger partial charge in [0.15, 0.2) is 0 Å². The van der Waals surface area contributed by atoms with Crippen LogP contribution < -0.4 is 4.90 Å². The highest BCUT2D eigenvalue weighted by molar-refractivity contribution is 5.51. The van der Waals surface area contributed by atoms with E-state index in [0.29, 0.717) is 0 Å². The van der Waals surface area contributed by atoms with Crippen LogP contribution in [0.1, 0.15) is 30.2 Å². The molecule has 1 aromatic rings. The first-order chi connectivity index (χ1) is 9.15. The highest BCUT2D eigenvalue weighted by atomic mass is 16.3. The SMILES string of the molecule is CCCN1CCN(c2nc(C)cc(C)c2CO)CC1. The molecule has 1 aromatic heterocycles. The van der Waals surface area contributed by atoms with E-state index in [1.165, 1.54) is 13.0 Å². The van der Waals surface area contributed by atoms with E-state index in [1.807, 2.05) is 13.0 Å². The summed E-state index contributed by atoms with van der Waals surface area (Å²) in [6.45, 7) is 11.7. The molecular weight excluding hydrogens is 238 g/mol. The third kappa shape index (κ3) is 3.25. The van der Waals surface area contributed by atoms with Gasteiger partial charge in [-0.1, -0.05) is 6.92 Å². The number of aliphatic hydroxyl groups is 1. The molecule has 0 aliphatic carbocycles. The van der Waals surface area contributed by atoms with Crippen molar-refractivity contribution in [2.75, 3.05) is 37.6 Å². The lowest BCUT2D eigenvalue weighted by Crippen LogP contribution is -2.47. The van der Waals surface area contributed by atoms with Crippen molar-refractivity contribution in [3.8, 4) is 0 Å². The first-order valence-corrected chi connectivity index (χ1v) is 7.21. The molecule has 1 saturated heterocycles. The summed E-state index contributed by atoms with van der Waals surface area (Å²) >= 11 is 0. The van der Waals surface area contributed by atoms with Crippen molar-refractivity contribution >= 4 is 5.82 Å². The molecule has 0 aromatic carbocycles. The predicted octanol–water partition coefficient (Wildman–Crippen LogP) is 1.72. The fourth-order valence-corrected chi connectivity index (χ4v) is 2.80. The normalized spacial score (nSPS) is 16.9. The Morgan fingerprint density at radius 2 is 1.89 bits per heavy atom. The van der Waals surface area contributed by atoms with Gasteiger partial charge in [-0.05, 0) is 38.4 Å². The van der Waals surface area contributed by atoms with Crippen molar-refractivity contribution in [1.29, 1.82) is 0 Å². The second-order valence-electron chi connectivity index (χ2n) is 5.37. The van der Waals surface area contributed by atoms with Gasteiger partial charge in [0, 0.05) is 37.4 Å². The molecule has 4 nitrogen and oxygen atoms in total. The third-order valence-corrected chi connectivity index (χ3v) is 3.82. The topological polar surface area (TPSA) is 39.6 Å². The van der Waals surface area contributed by atoms with Gasteiger partial charge >= 0.3 is 0 Å². The first-order valence-electron chi connectivity index (χ1n) is 7.21. The average molecular weight is 263 g/mol. The number of piperazine rings is 1. The van der Waals surface area contributed by atoms with Crippen LogP contribution in [0.15, 0.2) is 6.07 Å². The molecule has 1 fully saturated rings. The Morgan fingerprint density at radius 3 is 2.47 bits per heavy atom. The fourth-order valence-electron chi connectivity index (χ4n) is 2.80. The van der Waals surface area contributed by atoms with E-state index in [9.17, 15) is 5.11 Å². The Bertz CT molecular complexity index is 426. The molecule has 106 valence electrons. The van der Waals surface area contributed by atoms with Gasteiger partial charge in [-0.15, -0.1) is 0 Å². The first kappa shape index (κ1) is 14.3. The maximum absolute atomic E-state index is 9.58. The van der Waals surface area contributed by atoms with Gasteiger partial charge in [-0.3, -0.25) is 4.90 Å². The summed E-state index contributed by atoms with van der Waals surface area (Å²) in [5.74, 6) is 0.983. The van der Waals surface area contributed by atoms with Gasteiger partial charge < -0.3 is 10.0 Å². The van der Waals surface area contributed by atoms with Gasteiger partial charge in [-0.2, -0.15) is 0 Å². The van der Waals surface area contributed by atoms with E-state index in [0.717, 1.165) is 48.8 Å². The van der Waals surface area contributed by atoms with Crippen molar-refractivity contribution < 1.29 is 5.11 Å². The van der Waals surface area contributed by atoms with Crippen molar-refractivity contribution in [2.45, 2.75) is 33.8 Å². The number of rotatable bonds is 4. The van der Waals surface area contributed by atoms with E-state index in [2.05, 4.69) is 28.6 Å². The molecule has 2 heterocycles. The molecule has 0 saturated carbocycles. The van der Waals surface area contributed by atoms with E-state index in [-0.39, 0.29) is 6.61 Å². The molecule has 0 bridgehead atoms. The number of anilines is 1. The molecule has 19 heavy (non-hydrogen) atoms. The van der Waals surface area contributed by atoms with Crippen LogP contribution in [0.4, 0.5) is 5.82 Å². The van der Waals surface area contributed by atoms with E-state index < -0.39 is 0 Å². The molecule has 4 heteroatoms. The van der Waals surface area contributed by atoms with Crippen LogP contribution in [0, 0.1) is 13.8 Å². The van der Waals surface area contributed by atoms with Crippen molar-refractivity contribution in [3.05, 3.63) is 22.9 Å². The molecule has 0 amide bonds. The van der Waals surface area contributed by atoms with Crippen molar-refractivity contribution in [3.63, 3.8) is 0 Å². The Kier molecular flexibility index (Phi) is 4.77. The number of aryl methyl sites for hydroxylation is 2. The highest BCUT2D eigenvalue weighted by Crippen LogP contribution is 2.23. The lowest BCUT2D eigenvalue weighted by Gasteiger charge is -2.36. The Hall–Kier alpha value is -1.13. The van der Waals surface area contributed by atoms with Gasteiger partial charge in [0.1, 0.15) is 5.82 Å². The molecule has 0 spiro atoms. The zero-order valence-electron chi connectivity index (χ0n) is 12.3. The van der Waals surface area contributed by atoms with E-state index in [1.54, 1.807) is 0 Å². The number of aliphatic hydroxyl groups excluding tert-OH is 1. The Morgan fingerprint density at radius 1 is 1.21 bits per heavy atom. The molecular formula is C15H25N3O. The molecule has 0 atom stereocenters. The molecule has 0 unspecified atom stereocenters. The number of hydrogen-bond donors (Lipinski definition) is 1. The maximum atomic E-state index is 9.58. The summed E-state index contributed by atoms with van der Waals surface area (Å²) in [5, 5.41) is 9.58. The minimum atomic E-state index is 0.0730. The monoisotopic (exact) mass is 263 g/mol. The van der Waals surface area contributed by atoms with Crippen molar-refractivity contribution in [2.24, 2.45) is 0 Å². The van der Waals surface area contributed by atoms with Gasteiger partial charge in [0.25, 0.3) is 0 Å². The van der Waals surface area contributed by atoms with E-state index >= 15 is 0 Å². The Labute approximate surface area is 116 Å². The van der Waals surface area contributed by atoms with Gasteiger partial charge in [-0.25, -0.2) is 4.98 Å². The lowest BCUT2D eigenvalue weighted by molar-refractivity contribution is 0.255. The molecule has 2 rings (SSSR count). The molecule has 0 radical (unpaired) electrons. The molecule has 1 N–H and O–H groups in total. The van der Waals surface area contributed by atoms with Crippen molar-refractivity contribution in [1.82, 2.24) is 9.88 Å². The number of nitrogens with zero attached hydrogens (tertiary/aromatic N) is 3. The Balaban J connectivity index is 2.15. The number of aromatic nitrogens is 1. The summed E-state index contributed by atoms with van der Waals surface area (Å²) in [4.78, 5) is 9.46. The zero-order chi connectivity index (χ0) is 13.8. The van der Waals surface area contributed by atoms with Crippen LogP contribution in [0.2, 0.25) is 0 Å². The average Bonchev–Trinajstić information content (AvgIpc) is 2.39. The predicted molar refractivity (Wildman–Crippen MR) is 78.6 cm³/mol. The van der Waals surface area contributed by atoms with Crippen LogP contribution in [-0.4, -0.2) is 47.7 Å². The second-order valence-corrected chi connectivity index (χ2v) is 5.37. The fraction of sp³-hybridized carbons (Fsp3) is 0.667. The van der Waals surface area contributed by atoms with E-state index in [4.69, 9.17) is 0 Å². The van der Waals surface area contributed by atoms with Gasteiger partial charge in [0.2, 0.25) is 0 Å². The minimum absolute atomic E-state index is 0.0730. The van der Waals surface area contributed by atoms with Crippen LogP contribution in [0.25, 0.3) is 0 Å².